The smallest absolute Gasteiger partial charge is 0.410 e. The minimum Gasteiger partial charge on any atom is -0.477 e. The molecule has 2 N–H and O–H groups in total. The molecule has 4 atom stereocenters. The Hall–Kier alpha value is -2.61. The standard InChI is InChI=1S/C19H24N2O6/c1-3-9-27-19(26)20-8-4-5-13(20)7-6-12-10-14-15(11(2)22)17(23)21(14)16(12)18(24)25/h3,6-7,11,13-15,22H,1,4-5,8-10H2,2H3,(H,24,25)/b7-6+/t11-,13+,14-,15-/m1/s1. The van der Waals surface area contributed by atoms with Gasteiger partial charge in [0.05, 0.1) is 24.1 Å². The molecule has 27 heavy (non-hydrogen) atoms. The molecular formula is C19H24N2O6. The Morgan fingerprint density at radius 3 is 2.81 bits per heavy atom. The molecule has 8 nitrogen and oxygen atoms in total. The summed E-state index contributed by atoms with van der Waals surface area (Å²) in [7, 11) is 0. The molecule has 0 unspecified atom stereocenters. The van der Waals surface area contributed by atoms with Crippen LogP contribution in [-0.2, 0) is 14.3 Å². The van der Waals surface area contributed by atoms with E-state index in [1.54, 1.807) is 24.0 Å². The number of aliphatic carboxylic acids is 1. The van der Waals surface area contributed by atoms with Gasteiger partial charge < -0.3 is 24.7 Å². The molecule has 3 heterocycles. The summed E-state index contributed by atoms with van der Waals surface area (Å²) in [5.74, 6) is -2.09. The Kier molecular flexibility index (Phi) is 5.36. The van der Waals surface area contributed by atoms with E-state index in [-0.39, 0.29) is 30.3 Å². The number of rotatable bonds is 6. The van der Waals surface area contributed by atoms with Crippen LogP contribution in [0.1, 0.15) is 26.2 Å². The molecule has 0 radical (unpaired) electrons. The molecule has 2 saturated heterocycles. The number of likely N-dealkylation sites (tertiary alicyclic amines) is 1. The average Bonchev–Trinajstić information content (AvgIpc) is 3.19. The zero-order chi connectivity index (χ0) is 19.7. The van der Waals surface area contributed by atoms with Crippen molar-refractivity contribution in [2.45, 2.75) is 44.4 Å². The van der Waals surface area contributed by atoms with E-state index in [4.69, 9.17) is 4.74 Å². The molecule has 0 aromatic rings. The first-order valence-corrected chi connectivity index (χ1v) is 9.07. The molecule has 2 fully saturated rings. The Morgan fingerprint density at radius 1 is 1.44 bits per heavy atom. The van der Waals surface area contributed by atoms with E-state index in [2.05, 4.69) is 6.58 Å². The maximum absolute atomic E-state index is 12.2. The van der Waals surface area contributed by atoms with Crippen LogP contribution in [0.25, 0.3) is 0 Å². The van der Waals surface area contributed by atoms with Crippen molar-refractivity contribution in [3.63, 3.8) is 0 Å². The van der Waals surface area contributed by atoms with Crippen LogP contribution in [0.3, 0.4) is 0 Å². The highest BCUT2D eigenvalue weighted by atomic mass is 16.6. The summed E-state index contributed by atoms with van der Waals surface area (Å²) < 4.78 is 5.08. The third-order valence-electron chi connectivity index (χ3n) is 5.34. The monoisotopic (exact) mass is 376 g/mol. The number of aliphatic hydroxyl groups is 1. The van der Waals surface area contributed by atoms with Gasteiger partial charge in [0, 0.05) is 6.54 Å². The molecule has 0 aromatic heterocycles. The first kappa shape index (κ1) is 19.2. The van der Waals surface area contributed by atoms with E-state index in [9.17, 15) is 24.6 Å². The molecule has 0 spiro atoms. The molecule has 0 saturated carbocycles. The summed E-state index contributed by atoms with van der Waals surface area (Å²) in [5, 5.41) is 19.3. The Balaban J connectivity index is 1.76. The van der Waals surface area contributed by atoms with Crippen molar-refractivity contribution in [3.8, 4) is 0 Å². The molecule has 2 amide bonds. The van der Waals surface area contributed by atoms with Gasteiger partial charge in [-0.1, -0.05) is 24.8 Å². The van der Waals surface area contributed by atoms with Crippen LogP contribution >= 0.6 is 0 Å². The topological polar surface area (TPSA) is 107 Å². The lowest BCUT2D eigenvalue weighted by atomic mass is 9.83. The minimum absolute atomic E-state index is 0.0306. The van der Waals surface area contributed by atoms with Gasteiger partial charge in [0.2, 0.25) is 5.91 Å². The fourth-order valence-electron chi connectivity index (χ4n) is 4.11. The second-order valence-corrected chi connectivity index (χ2v) is 7.05. The second kappa shape index (κ2) is 7.56. The van der Waals surface area contributed by atoms with E-state index in [1.807, 2.05) is 0 Å². The number of carboxylic acid groups (broad SMARTS) is 1. The van der Waals surface area contributed by atoms with Crippen molar-refractivity contribution in [3.05, 3.63) is 36.1 Å². The van der Waals surface area contributed by atoms with E-state index in [0.29, 0.717) is 18.5 Å². The molecule has 0 bridgehead atoms. The number of amides is 2. The number of carboxylic acids is 1. The fourth-order valence-corrected chi connectivity index (χ4v) is 4.11. The summed E-state index contributed by atoms with van der Waals surface area (Å²) in [6.45, 7) is 5.77. The van der Waals surface area contributed by atoms with Crippen molar-refractivity contribution >= 4 is 18.0 Å². The molecule has 3 rings (SSSR count). The van der Waals surface area contributed by atoms with Gasteiger partial charge in [-0.25, -0.2) is 9.59 Å². The van der Waals surface area contributed by atoms with Crippen LogP contribution in [0.15, 0.2) is 36.1 Å². The first-order valence-electron chi connectivity index (χ1n) is 9.07. The zero-order valence-corrected chi connectivity index (χ0v) is 15.2. The van der Waals surface area contributed by atoms with Crippen molar-refractivity contribution in [2.24, 2.45) is 5.92 Å². The van der Waals surface area contributed by atoms with E-state index < -0.39 is 24.1 Å². The predicted molar refractivity (Wildman–Crippen MR) is 95.5 cm³/mol. The van der Waals surface area contributed by atoms with Crippen molar-refractivity contribution in [1.29, 1.82) is 0 Å². The van der Waals surface area contributed by atoms with Crippen LogP contribution in [0.2, 0.25) is 0 Å². The second-order valence-electron chi connectivity index (χ2n) is 7.05. The lowest BCUT2D eigenvalue weighted by Gasteiger charge is -2.44. The van der Waals surface area contributed by atoms with Crippen LogP contribution < -0.4 is 0 Å². The summed E-state index contributed by atoms with van der Waals surface area (Å²) in [6.07, 6.45) is 5.73. The maximum atomic E-state index is 12.2. The number of β-lactam (4-membered cyclic amide) rings is 1. The number of hydrogen-bond donors (Lipinski definition) is 2. The molecule has 146 valence electrons. The number of carbonyl (C=O) groups is 3. The third kappa shape index (κ3) is 3.37. The number of hydrogen-bond acceptors (Lipinski definition) is 5. The molecule has 3 aliphatic rings. The highest BCUT2D eigenvalue weighted by Gasteiger charge is 2.56. The number of nitrogens with zero attached hydrogens (tertiary/aromatic N) is 2. The van der Waals surface area contributed by atoms with Crippen molar-refractivity contribution < 1.29 is 29.3 Å². The van der Waals surface area contributed by atoms with Crippen LogP contribution in [0.5, 0.6) is 0 Å². The normalized spacial score (nSPS) is 28.4. The number of fused-ring (bicyclic) bond motifs is 1. The van der Waals surface area contributed by atoms with Gasteiger partial charge in [-0.15, -0.1) is 0 Å². The first-order chi connectivity index (χ1) is 12.9. The van der Waals surface area contributed by atoms with Crippen molar-refractivity contribution in [1.82, 2.24) is 9.80 Å². The van der Waals surface area contributed by atoms with Gasteiger partial charge in [0.1, 0.15) is 12.3 Å². The maximum Gasteiger partial charge on any atom is 0.410 e. The zero-order valence-electron chi connectivity index (χ0n) is 15.2. The van der Waals surface area contributed by atoms with Crippen LogP contribution in [0.4, 0.5) is 4.79 Å². The average molecular weight is 376 g/mol. The molecular weight excluding hydrogens is 352 g/mol. The van der Waals surface area contributed by atoms with Crippen LogP contribution in [0, 0.1) is 5.92 Å². The Bertz CT molecular complexity index is 726. The SMILES string of the molecule is C=CCOC(=O)N1CCC[C@H]1/C=C/C1=C(C(=O)O)N2C(=O)[C@H]([C@@H](C)O)[C@H]2C1. The Morgan fingerprint density at radius 2 is 2.19 bits per heavy atom. The number of carbonyl (C=O) groups excluding carboxylic acids is 2. The third-order valence-corrected chi connectivity index (χ3v) is 5.34. The molecule has 8 heteroatoms. The molecule has 0 aliphatic carbocycles. The number of ether oxygens (including phenoxy) is 1. The quantitative estimate of drug-likeness (QED) is 0.534. The van der Waals surface area contributed by atoms with E-state index in [1.165, 1.54) is 11.0 Å². The molecule has 3 aliphatic heterocycles. The lowest BCUT2D eigenvalue weighted by molar-refractivity contribution is -0.161. The Labute approximate surface area is 157 Å². The highest BCUT2D eigenvalue weighted by Crippen LogP contribution is 2.44. The van der Waals surface area contributed by atoms with Gasteiger partial charge in [-0.2, -0.15) is 0 Å². The summed E-state index contributed by atoms with van der Waals surface area (Å²) >= 11 is 0. The van der Waals surface area contributed by atoms with Gasteiger partial charge >= 0.3 is 12.1 Å². The van der Waals surface area contributed by atoms with Gasteiger partial charge in [-0.3, -0.25) is 4.79 Å². The summed E-state index contributed by atoms with van der Waals surface area (Å²) in [6, 6.07) is -0.498. The van der Waals surface area contributed by atoms with E-state index in [0.717, 1.165) is 12.8 Å². The minimum atomic E-state index is -1.16. The van der Waals surface area contributed by atoms with Gasteiger partial charge in [0.15, 0.2) is 0 Å². The summed E-state index contributed by atoms with van der Waals surface area (Å²) in [5.41, 5.74) is 0.507. The van der Waals surface area contributed by atoms with E-state index >= 15 is 0 Å². The lowest BCUT2D eigenvalue weighted by Crippen LogP contribution is -2.61. The number of allylic oxidation sites excluding steroid dienone is 1. The van der Waals surface area contributed by atoms with Crippen molar-refractivity contribution in [2.75, 3.05) is 13.2 Å². The predicted octanol–water partition coefficient (Wildman–Crippen LogP) is 1.28. The largest absolute Gasteiger partial charge is 0.477 e. The fraction of sp³-hybridized carbons (Fsp3) is 0.526. The summed E-state index contributed by atoms with van der Waals surface area (Å²) in [4.78, 5) is 38.9. The highest BCUT2D eigenvalue weighted by molar-refractivity contribution is 6.00. The van der Waals surface area contributed by atoms with Crippen LogP contribution in [-0.4, -0.2) is 69.3 Å². The number of aliphatic hydroxyl groups excluding tert-OH is 1. The van der Waals surface area contributed by atoms with Gasteiger partial charge in [0.25, 0.3) is 0 Å². The molecule has 0 aromatic carbocycles. The van der Waals surface area contributed by atoms with Gasteiger partial charge in [-0.05, 0) is 31.8 Å².